The van der Waals surface area contributed by atoms with Gasteiger partial charge in [0.25, 0.3) is 0 Å². The molecule has 2 aromatic carbocycles. The Morgan fingerprint density at radius 1 is 1.00 bits per heavy atom. The number of carbonyl (C=O) groups is 2. The van der Waals surface area contributed by atoms with E-state index in [1.807, 2.05) is 24.3 Å². The van der Waals surface area contributed by atoms with Gasteiger partial charge in [-0.25, -0.2) is 13.8 Å². The molecule has 0 aliphatic carbocycles. The van der Waals surface area contributed by atoms with Crippen molar-refractivity contribution in [3.8, 4) is 0 Å². The van der Waals surface area contributed by atoms with Crippen molar-refractivity contribution in [3.63, 3.8) is 0 Å². The molecule has 0 radical (unpaired) electrons. The highest BCUT2D eigenvalue weighted by Gasteiger charge is 2.30. The lowest BCUT2D eigenvalue weighted by atomic mass is 9.83. The zero-order valence-electron chi connectivity index (χ0n) is 18.6. The van der Waals surface area contributed by atoms with E-state index in [0.29, 0.717) is 17.3 Å². The fraction of sp³-hybridized carbons (Fsp3) is 0.240. The fourth-order valence-corrected chi connectivity index (χ4v) is 3.79. The van der Waals surface area contributed by atoms with Gasteiger partial charge in [-0.15, -0.1) is 11.8 Å². The van der Waals surface area contributed by atoms with Crippen molar-refractivity contribution in [2.45, 2.75) is 37.5 Å². The molecule has 1 heterocycles. The number of hydrogen-bond acceptors (Lipinski definition) is 4. The van der Waals surface area contributed by atoms with Crippen LogP contribution in [0, 0.1) is 11.6 Å². The van der Waals surface area contributed by atoms with E-state index in [-0.39, 0.29) is 18.1 Å². The summed E-state index contributed by atoms with van der Waals surface area (Å²) in [6.07, 6.45) is 1.09. The maximum atomic E-state index is 13.8. The molecule has 3 rings (SSSR count). The van der Waals surface area contributed by atoms with Crippen LogP contribution < -0.4 is 10.6 Å². The van der Waals surface area contributed by atoms with Gasteiger partial charge in [0, 0.05) is 16.6 Å². The van der Waals surface area contributed by atoms with Gasteiger partial charge in [-0.3, -0.25) is 9.59 Å². The number of rotatable bonds is 8. The minimum Gasteiger partial charge on any atom is -0.326 e. The Morgan fingerprint density at radius 2 is 1.67 bits per heavy atom. The first-order valence-electron chi connectivity index (χ1n) is 10.4. The molecule has 1 aromatic heterocycles. The molecule has 8 heteroatoms. The molecule has 0 bridgehead atoms. The summed E-state index contributed by atoms with van der Waals surface area (Å²) in [6, 6.07) is 15.4. The van der Waals surface area contributed by atoms with Crippen LogP contribution in [-0.2, 0) is 21.4 Å². The Morgan fingerprint density at radius 3 is 2.27 bits per heavy atom. The predicted octanol–water partition coefficient (Wildman–Crippen LogP) is 5.57. The van der Waals surface area contributed by atoms with Crippen LogP contribution in [-0.4, -0.2) is 22.6 Å². The second-order valence-electron chi connectivity index (χ2n) is 7.94. The fourth-order valence-electron chi connectivity index (χ4n) is 3.13. The molecule has 2 amide bonds. The summed E-state index contributed by atoms with van der Waals surface area (Å²) >= 11 is 1.75. The van der Waals surface area contributed by atoms with E-state index in [0.717, 1.165) is 17.5 Å². The zero-order valence-corrected chi connectivity index (χ0v) is 19.4. The summed E-state index contributed by atoms with van der Waals surface area (Å²) in [7, 11) is 0. The molecule has 0 fully saturated rings. The van der Waals surface area contributed by atoms with Crippen LogP contribution in [0.2, 0.25) is 0 Å². The number of amides is 2. The number of hydrogen-bond donors (Lipinski definition) is 2. The highest BCUT2D eigenvalue weighted by Crippen LogP contribution is 2.27. The van der Waals surface area contributed by atoms with Gasteiger partial charge in [0.1, 0.15) is 5.82 Å². The second-order valence-corrected chi connectivity index (χ2v) is 9.28. The topological polar surface area (TPSA) is 71.1 Å². The van der Waals surface area contributed by atoms with E-state index in [4.69, 9.17) is 0 Å². The number of aromatic nitrogens is 1. The first kappa shape index (κ1) is 24.4. The van der Waals surface area contributed by atoms with E-state index < -0.39 is 23.0 Å². The summed E-state index contributed by atoms with van der Waals surface area (Å²) in [5.74, 6) is -1.75. The molecule has 2 N–H and O–H groups in total. The third-order valence-electron chi connectivity index (χ3n) is 5.10. The zero-order chi connectivity index (χ0) is 24.0. The first-order valence-corrected chi connectivity index (χ1v) is 11.4. The van der Waals surface area contributed by atoms with Crippen LogP contribution in [0.5, 0.6) is 0 Å². The lowest BCUT2D eigenvalue weighted by molar-refractivity contribution is -0.120. The third-order valence-corrected chi connectivity index (χ3v) is 5.99. The Balaban J connectivity index is 1.62. The minimum atomic E-state index is -1.02. The van der Waals surface area contributed by atoms with Crippen molar-refractivity contribution in [1.29, 1.82) is 0 Å². The van der Waals surface area contributed by atoms with Crippen molar-refractivity contribution in [2.75, 3.05) is 16.4 Å². The van der Waals surface area contributed by atoms with Crippen molar-refractivity contribution in [3.05, 3.63) is 83.6 Å². The highest BCUT2D eigenvalue weighted by atomic mass is 32.2. The van der Waals surface area contributed by atoms with Crippen molar-refractivity contribution in [2.24, 2.45) is 0 Å². The van der Waals surface area contributed by atoms with Gasteiger partial charge in [-0.05, 0) is 55.0 Å². The molecule has 172 valence electrons. The number of benzene rings is 2. The van der Waals surface area contributed by atoms with Gasteiger partial charge in [0.05, 0.1) is 18.0 Å². The van der Waals surface area contributed by atoms with Gasteiger partial charge < -0.3 is 10.6 Å². The number of anilines is 2. The summed E-state index contributed by atoms with van der Waals surface area (Å²) in [5, 5.41) is 5.25. The van der Waals surface area contributed by atoms with Gasteiger partial charge in [-0.2, -0.15) is 0 Å². The number of nitrogens with one attached hydrogen (secondary N) is 2. The predicted molar refractivity (Wildman–Crippen MR) is 127 cm³/mol. The molecule has 0 unspecified atom stereocenters. The Labute approximate surface area is 196 Å². The SMILES string of the molecule is CCSc1ccc(CC(=O)Nc2ccc(C(C)(C)C(=O)Nc3ncc(F)cc3F)cc2)cc1. The minimum absolute atomic E-state index is 0.145. The average molecular weight is 470 g/mol. The normalized spacial score (nSPS) is 11.2. The van der Waals surface area contributed by atoms with Crippen LogP contribution in [0.25, 0.3) is 0 Å². The van der Waals surface area contributed by atoms with Gasteiger partial charge in [0.2, 0.25) is 11.8 Å². The molecule has 3 aromatic rings. The van der Waals surface area contributed by atoms with E-state index in [1.54, 1.807) is 49.9 Å². The molecule has 33 heavy (non-hydrogen) atoms. The molecular weight excluding hydrogens is 444 g/mol. The maximum absolute atomic E-state index is 13.8. The summed E-state index contributed by atoms with van der Waals surface area (Å²) < 4.78 is 26.9. The van der Waals surface area contributed by atoms with E-state index in [1.165, 1.54) is 4.90 Å². The molecular formula is C25H25F2N3O2S. The molecule has 0 spiro atoms. The Bertz CT molecular complexity index is 1130. The maximum Gasteiger partial charge on any atom is 0.235 e. The van der Waals surface area contributed by atoms with Crippen LogP contribution in [0.15, 0.2) is 65.7 Å². The lowest BCUT2D eigenvalue weighted by Gasteiger charge is -2.24. The largest absolute Gasteiger partial charge is 0.326 e. The smallest absolute Gasteiger partial charge is 0.235 e. The van der Waals surface area contributed by atoms with E-state index in [9.17, 15) is 18.4 Å². The van der Waals surface area contributed by atoms with E-state index in [2.05, 4.69) is 22.5 Å². The standard InChI is InChI=1S/C25H25F2N3O2S/c1-4-33-20-11-5-16(6-12-20)13-22(31)29-19-9-7-17(8-10-19)25(2,3)24(32)30-23-21(27)14-18(26)15-28-23/h5-12,14-15H,4,13H2,1-3H3,(H,29,31)(H,28,30,32). The van der Waals surface area contributed by atoms with Crippen LogP contribution in [0.4, 0.5) is 20.3 Å². The van der Waals surface area contributed by atoms with Crippen molar-refractivity contribution < 1.29 is 18.4 Å². The monoisotopic (exact) mass is 469 g/mol. The van der Waals surface area contributed by atoms with Crippen molar-refractivity contribution >= 4 is 35.1 Å². The quantitative estimate of drug-likeness (QED) is 0.423. The summed E-state index contributed by atoms with van der Waals surface area (Å²) in [4.78, 5) is 29.9. The molecule has 0 aliphatic rings. The summed E-state index contributed by atoms with van der Waals surface area (Å²) in [6.45, 7) is 5.45. The molecule has 5 nitrogen and oxygen atoms in total. The molecule has 0 saturated heterocycles. The van der Waals surface area contributed by atoms with Crippen LogP contribution >= 0.6 is 11.8 Å². The average Bonchev–Trinajstić information content (AvgIpc) is 2.77. The van der Waals surface area contributed by atoms with Crippen molar-refractivity contribution in [1.82, 2.24) is 4.98 Å². The molecule has 0 atom stereocenters. The molecule has 0 aliphatic heterocycles. The van der Waals surface area contributed by atoms with Crippen LogP contribution in [0.1, 0.15) is 31.9 Å². The second kappa shape index (κ2) is 10.6. The van der Waals surface area contributed by atoms with Crippen LogP contribution in [0.3, 0.4) is 0 Å². The first-order chi connectivity index (χ1) is 15.7. The number of pyridine rings is 1. The molecule has 0 saturated carbocycles. The Hall–Kier alpha value is -3.26. The van der Waals surface area contributed by atoms with Gasteiger partial charge >= 0.3 is 0 Å². The van der Waals surface area contributed by atoms with E-state index >= 15 is 0 Å². The third kappa shape index (κ3) is 6.38. The number of carbonyl (C=O) groups excluding carboxylic acids is 2. The highest BCUT2D eigenvalue weighted by molar-refractivity contribution is 7.99. The number of nitrogens with zero attached hydrogens (tertiary/aromatic N) is 1. The number of halogens is 2. The van der Waals surface area contributed by atoms with Gasteiger partial charge in [0.15, 0.2) is 11.6 Å². The lowest BCUT2D eigenvalue weighted by Crippen LogP contribution is -2.35. The van der Waals surface area contributed by atoms with Gasteiger partial charge in [-0.1, -0.05) is 31.2 Å². The number of thioether (sulfide) groups is 1. The Kier molecular flexibility index (Phi) is 7.81. The summed E-state index contributed by atoms with van der Waals surface area (Å²) in [5.41, 5.74) is 1.15.